The molecule has 0 atom stereocenters. The molecule has 2 aromatic carbocycles. The Morgan fingerprint density at radius 3 is 2.59 bits per heavy atom. The number of aromatic nitrogens is 3. The van der Waals surface area contributed by atoms with Crippen molar-refractivity contribution in [3.63, 3.8) is 0 Å². The largest absolute Gasteiger partial charge is 0.497 e. The van der Waals surface area contributed by atoms with Gasteiger partial charge in [0.25, 0.3) is 0 Å². The predicted molar refractivity (Wildman–Crippen MR) is 107 cm³/mol. The predicted octanol–water partition coefficient (Wildman–Crippen LogP) is 3.71. The molecule has 0 aliphatic heterocycles. The van der Waals surface area contributed by atoms with Gasteiger partial charge < -0.3 is 9.30 Å². The topological polar surface area (TPSA) is 74.1 Å². The van der Waals surface area contributed by atoms with Crippen LogP contribution in [0.2, 0.25) is 5.02 Å². The van der Waals surface area contributed by atoms with Crippen LogP contribution in [0.5, 0.6) is 5.75 Å². The third kappa shape index (κ3) is 4.63. The Hall–Kier alpha value is -2.03. The fourth-order valence-electron chi connectivity index (χ4n) is 2.46. The van der Waals surface area contributed by atoms with E-state index in [2.05, 4.69) is 10.2 Å². The van der Waals surface area contributed by atoms with Crippen molar-refractivity contribution in [2.24, 2.45) is 7.05 Å². The molecule has 0 unspecified atom stereocenters. The van der Waals surface area contributed by atoms with E-state index in [0.717, 1.165) is 11.3 Å². The number of methoxy groups -OCH3 is 1. The highest BCUT2D eigenvalue weighted by atomic mass is 35.5. The van der Waals surface area contributed by atoms with Gasteiger partial charge in [-0.2, -0.15) is 0 Å². The Bertz CT molecular complexity index is 1030. The molecule has 0 bridgehead atoms. The molecule has 0 saturated heterocycles. The van der Waals surface area contributed by atoms with Crippen molar-refractivity contribution in [2.75, 3.05) is 18.6 Å². The summed E-state index contributed by atoms with van der Waals surface area (Å²) in [5.41, 5.74) is 0.880. The first kappa shape index (κ1) is 19.7. The zero-order valence-corrected chi connectivity index (χ0v) is 17.2. The second-order valence-corrected chi connectivity index (χ2v) is 9.33. The van der Waals surface area contributed by atoms with E-state index in [9.17, 15) is 8.42 Å². The second-order valence-electron chi connectivity index (χ2n) is 5.72. The van der Waals surface area contributed by atoms with Crippen LogP contribution in [0.25, 0.3) is 11.4 Å². The Morgan fingerprint density at radius 2 is 1.89 bits per heavy atom. The molecule has 3 rings (SSSR count). The van der Waals surface area contributed by atoms with Crippen molar-refractivity contribution in [2.45, 2.75) is 10.1 Å². The lowest BCUT2D eigenvalue weighted by Gasteiger charge is -2.06. The van der Waals surface area contributed by atoms with Gasteiger partial charge in [-0.3, -0.25) is 0 Å². The average molecular weight is 424 g/mol. The van der Waals surface area contributed by atoms with Gasteiger partial charge in [-0.05, 0) is 36.4 Å². The minimum Gasteiger partial charge on any atom is -0.497 e. The zero-order valence-electron chi connectivity index (χ0n) is 14.8. The van der Waals surface area contributed by atoms with E-state index >= 15 is 0 Å². The van der Waals surface area contributed by atoms with Gasteiger partial charge in [-0.25, -0.2) is 8.42 Å². The molecule has 0 amide bonds. The summed E-state index contributed by atoms with van der Waals surface area (Å²) in [6.45, 7) is 0. The van der Waals surface area contributed by atoms with Gasteiger partial charge in [-0.15, -0.1) is 10.2 Å². The lowest BCUT2D eigenvalue weighted by molar-refractivity contribution is 0.415. The van der Waals surface area contributed by atoms with E-state index in [1.54, 1.807) is 19.2 Å². The molecule has 9 heteroatoms. The summed E-state index contributed by atoms with van der Waals surface area (Å²) >= 11 is 7.16. The third-order valence-corrected chi connectivity index (χ3v) is 7.18. The smallest absolute Gasteiger partial charge is 0.191 e. The Morgan fingerprint density at radius 1 is 1.15 bits per heavy atom. The molecule has 6 nitrogen and oxygen atoms in total. The van der Waals surface area contributed by atoms with Crippen molar-refractivity contribution < 1.29 is 13.2 Å². The standard InChI is InChI=1S/C18H18ClN3O3S2/c1-22-17(13-4-3-5-15(12-13)25-2)20-21-18(22)26-10-11-27(23,24)16-8-6-14(19)7-9-16/h3-9,12H,10-11H2,1-2H3. The Kier molecular flexibility index (Phi) is 6.08. The van der Waals surface area contributed by atoms with Crippen molar-refractivity contribution in [1.82, 2.24) is 14.8 Å². The molecule has 1 heterocycles. The number of benzene rings is 2. The maximum Gasteiger partial charge on any atom is 0.191 e. The zero-order chi connectivity index (χ0) is 19.4. The van der Waals surface area contributed by atoms with Gasteiger partial charge in [0, 0.05) is 23.4 Å². The fourth-order valence-corrected chi connectivity index (χ4v) is 5.14. The Labute approximate surface area is 167 Å². The molecular formula is C18H18ClN3O3S2. The van der Waals surface area contributed by atoms with Crippen LogP contribution in [0.1, 0.15) is 0 Å². The fraction of sp³-hybridized carbons (Fsp3) is 0.222. The number of nitrogens with zero attached hydrogens (tertiary/aromatic N) is 3. The van der Waals surface area contributed by atoms with Crippen LogP contribution < -0.4 is 4.74 Å². The molecular weight excluding hydrogens is 406 g/mol. The van der Waals surface area contributed by atoms with E-state index < -0.39 is 9.84 Å². The number of rotatable bonds is 7. The summed E-state index contributed by atoms with van der Waals surface area (Å²) in [6, 6.07) is 13.7. The Balaban J connectivity index is 1.68. The maximum absolute atomic E-state index is 12.4. The van der Waals surface area contributed by atoms with Crippen LogP contribution in [-0.4, -0.2) is 41.8 Å². The SMILES string of the molecule is COc1cccc(-c2nnc(SCCS(=O)(=O)c3ccc(Cl)cc3)n2C)c1. The summed E-state index contributed by atoms with van der Waals surface area (Å²) in [5.74, 6) is 1.80. The molecule has 142 valence electrons. The molecule has 3 aromatic rings. The van der Waals surface area contributed by atoms with Crippen molar-refractivity contribution in [3.05, 3.63) is 53.6 Å². The monoisotopic (exact) mass is 423 g/mol. The summed E-state index contributed by atoms with van der Waals surface area (Å²) in [4.78, 5) is 0.266. The minimum atomic E-state index is -3.37. The van der Waals surface area contributed by atoms with Crippen LogP contribution >= 0.6 is 23.4 Å². The number of hydrogen-bond acceptors (Lipinski definition) is 6. The van der Waals surface area contributed by atoms with Crippen molar-refractivity contribution in [1.29, 1.82) is 0 Å². The summed E-state index contributed by atoms with van der Waals surface area (Å²) < 4.78 is 31.9. The third-order valence-electron chi connectivity index (χ3n) is 3.92. The highest BCUT2D eigenvalue weighted by Crippen LogP contribution is 2.26. The first-order valence-corrected chi connectivity index (χ1v) is 11.1. The van der Waals surface area contributed by atoms with Crippen molar-refractivity contribution >= 4 is 33.2 Å². The van der Waals surface area contributed by atoms with Crippen LogP contribution in [0.4, 0.5) is 0 Å². The van der Waals surface area contributed by atoms with E-state index in [0.29, 0.717) is 21.8 Å². The number of sulfone groups is 1. The number of hydrogen-bond donors (Lipinski definition) is 0. The van der Waals surface area contributed by atoms with Gasteiger partial charge in [0.05, 0.1) is 17.8 Å². The highest BCUT2D eigenvalue weighted by molar-refractivity contribution is 8.00. The molecule has 1 aromatic heterocycles. The minimum absolute atomic E-state index is 0.000647. The van der Waals surface area contributed by atoms with Crippen LogP contribution in [0.15, 0.2) is 58.6 Å². The van der Waals surface area contributed by atoms with Gasteiger partial charge in [0.1, 0.15) is 5.75 Å². The lowest BCUT2D eigenvalue weighted by Crippen LogP contribution is -2.09. The average Bonchev–Trinajstić information content (AvgIpc) is 3.03. The van der Waals surface area contributed by atoms with Crippen LogP contribution in [0, 0.1) is 0 Å². The van der Waals surface area contributed by atoms with E-state index in [1.807, 2.05) is 35.9 Å². The molecule has 0 aliphatic rings. The number of thioether (sulfide) groups is 1. The molecule has 0 aliphatic carbocycles. The van der Waals surface area contributed by atoms with Gasteiger partial charge in [0.15, 0.2) is 20.8 Å². The highest BCUT2D eigenvalue weighted by Gasteiger charge is 2.16. The van der Waals surface area contributed by atoms with E-state index in [1.165, 1.54) is 23.9 Å². The number of ether oxygens (including phenoxy) is 1. The molecule has 0 spiro atoms. The normalized spacial score (nSPS) is 11.5. The molecule has 0 fully saturated rings. The van der Waals surface area contributed by atoms with Gasteiger partial charge in [0.2, 0.25) is 0 Å². The quantitative estimate of drug-likeness (QED) is 0.539. The molecule has 27 heavy (non-hydrogen) atoms. The maximum atomic E-state index is 12.4. The molecule has 0 radical (unpaired) electrons. The lowest BCUT2D eigenvalue weighted by atomic mass is 10.2. The van der Waals surface area contributed by atoms with Gasteiger partial charge in [-0.1, -0.05) is 35.5 Å². The van der Waals surface area contributed by atoms with E-state index in [-0.39, 0.29) is 10.6 Å². The summed E-state index contributed by atoms with van der Waals surface area (Å²) in [5, 5.41) is 9.55. The first-order valence-electron chi connectivity index (χ1n) is 8.05. The summed E-state index contributed by atoms with van der Waals surface area (Å²) in [7, 11) is 0.0935. The van der Waals surface area contributed by atoms with Crippen LogP contribution in [-0.2, 0) is 16.9 Å². The molecule has 0 saturated carbocycles. The van der Waals surface area contributed by atoms with E-state index in [4.69, 9.17) is 16.3 Å². The summed E-state index contributed by atoms with van der Waals surface area (Å²) in [6.07, 6.45) is 0. The first-order chi connectivity index (χ1) is 12.9. The molecule has 0 N–H and O–H groups in total. The van der Waals surface area contributed by atoms with Gasteiger partial charge >= 0.3 is 0 Å². The second kappa shape index (κ2) is 8.33. The van der Waals surface area contributed by atoms with Crippen LogP contribution in [0.3, 0.4) is 0 Å². The van der Waals surface area contributed by atoms with Crippen molar-refractivity contribution in [3.8, 4) is 17.1 Å². The number of halogens is 1.